The lowest BCUT2D eigenvalue weighted by Crippen LogP contribution is -1.82. The minimum absolute atomic E-state index is 0. The molecule has 0 fully saturated rings. The first-order valence-electron chi connectivity index (χ1n) is 10.7. The van der Waals surface area contributed by atoms with Crippen LogP contribution in [0.5, 0.6) is 0 Å². The highest BCUT2D eigenvalue weighted by atomic mass is 14.0. The van der Waals surface area contributed by atoms with Gasteiger partial charge in [0.15, 0.2) is 0 Å². The van der Waals surface area contributed by atoms with Crippen LogP contribution in [0.3, 0.4) is 0 Å². The van der Waals surface area contributed by atoms with Crippen molar-refractivity contribution in [3.05, 3.63) is 26.5 Å². The fraction of sp³-hybridized carbons (Fsp3) is 0.833. The molecule has 0 aromatic rings. The fourth-order valence-corrected chi connectivity index (χ4v) is 3.08. The standard InChI is InChI=1S/C23H43.C/c1-3-5-7-9-11-13-15-17-19-21-23-22-20-18-16-14-12-10-8-6-4-2;/h17,19H,3-16,18,20-23H2,1H3;/b19-17-;. The van der Waals surface area contributed by atoms with E-state index in [4.69, 9.17) is 6.92 Å². The second-order valence-corrected chi connectivity index (χ2v) is 7.10. The summed E-state index contributed by atoms with van der Waals surface area (Å²) in [6.07, 6.45) is 30.1. The predicted molar refractivity (Wildman–Crippen MR) is 109 cm³/mol. The molecule has 0 aliphatic heterocycles. The molecule has 0 N–H and O–H groups in total. The van der Waals surface area contributed by atoms with Crippen LogP contribution in [0, 0.1) is 14.4 Å². The quantitative estimate of drug-likeness (QED) is 0.164. The van der Waals surface area contributed by atoms with E-state index in [1.807, 2.05) is 0 Å². The number of unbranched alkanes of at least 4 members (excludes halogenated alkanes) is 17. The van der Waals surface area contributed by atoms with Gasteiger partial charge < -0.3 is 0 Å². The Balaban J connectivity index is 0. The Morgan fingerprint density at radius 1 is 0.500 bits per heavy atom. The second kappa shape index (κ2) is 25.0. The molecule has 0 spiro atoms. The average Bonchev–Trinajstić information content (AvgIpc) is 2.57. The van der Waals surface area contributed by atoms with Crippen LogP contribution in [0.4, 0.5) is 0 Å². The molecule has 0 heteroatoms. The summed E-state index contributed by atoms with van der Waals surface area (Å²) in [5.41, 5.74) is 0. The molecule has 24 heavy (non-hydrogen) atoms. The van der Waals surface area contributed by atoms with Crippen molar-refractivity contribution in [2.24, 2.45) is 0 Å². The van der Waals surface area contributed by atoms with E-state index in [-0.39, 0.29) is 7.43 Å². The van der Waals surface area contributed by atoms with Gasteiger partial charge in [0.1, 0.15) is 0 Å². The van der Waals surface area contributed by atoms with Crippen molar-refractivity contribution in [2.45, 2.75) is 129 Å². The zero-order valence-corrected chi connectivity index (χ0v) is 16.6. The van der Waals surface area contributed by atoms with Crippen molar-refractivity contribution in [3.63, 3.8) is 0 Å². The predicted octanol–water partition coefficient (Wildman–Crippen LogP) is 8.64. The lowest BCUT2D eigenvalue weighted by atomic mass is 10.1. The molecule has 0 aliphatic rings. The summed E-state index contributed by atoms with van der Waals surface area (Å²) >= 11 is 0. The first-order chi connectivity index (χ1) is 11.4. The van der Waals surface area contributed by atoms with Crippen LogP contribution in [0.25, 0.3) is 0 Å². The third kappa shape index (κ3) is 24.0. The van der Waals surface area contributed by atoms with Gasteiger partial charge >= 0.3 is 0 Å². The van der Waals surface area contributed by atoms with Crippen LogP contribution in [-0.4, -0.2) is 0 Å². The molecule has 0 nitrogen and oxygen atoms in total. The Bertz CT molecular complexity index is 216. The first kappa shape index (κ1) is 26.0. The molecule has 0 heterocycles. The van der Waals surface area contributed by atoms with Crippen molar-refractivity contribution < 1.29 is 0 Å². The van der Waals surface area contributed by atoms with Crippen LogP contribution in [0.1, 0.15) is 129 Å². The maximum atomic E-state index is 7.10. The van der Waals surface area contributed by atoms with E-state index in [2.05, 4.69) is 19.1 Å². The van der Waals surface area contributed by atoms with Crippen LogP contribution in [0.2, 0.25) is 0 Å². The molecule has 0 aromatic heterocycles. The highest BCUT2D eigenvalue weighted by Crippen LogP contribution is 2.12. The molecule has 0 aromatic carbocycles. The number of hydrogen-bond acceptors (Lipinski definition) is 0. The van der Waals surface area contributed by atoms with Gasteiger partial charge in [-0.1, -0.05) is 109 Å². The number of allylic oxidation sites excluding steroid dienone is 2. The van der Waals surface area contributed by atoms with Gasteiger partial charge in [0, 0.05) is 7.43 Å². The van der Waals surface area contributed by atoms with Crippen LogP contribution in [-0.2, 0) is 0 Å². The molecular formula is C24H43. The minimum Gasteiger partial charge on any atom is -0.0885 e. The molecule has 0 aliphatic carbocycles. The monoisotopic (exact) mass is 331 g/mol. The molecule has 0 saturated carbocycles. The molecule has 0 amide bonds. The van der Waals surface area contributed by atoms with Gasteiger partial charge in [-0.05, 0) is 39.0 Å². The van der Waals surface area contributed by atoms with E-state index in [0.29, 0.717) is 6.42 Å². The summed E-state index contributed by atoms with van der Waals surface area (Å²) in [6.45, 7) is 9.39. The smallest absolute Gasteiger partial charge is 0 e. The van der Waals surface area contributed by atoms with Crippen molar-refractivity contribution >= 4 is 0 Å². The van der Waals surface area contributed by atoms with Gasteiger partial charge in [-0.2, -0.15) is 0 Å². The van der Waals surface area contributed by atoms with E-state index in [9.17, 15) is 0 Å². The first-order valence-corrected chi connectivity index (χ1v) is 10.7. The zero-order chi connectivity index (χ0) is 16.8. The lowest BCUT2D eigenvalue weighted by Gasteiger charge is -2.01. The summed E-state index contributed by atoms with van der Waals surface area (Å²) in [5, 5.41) is 0. The maximum absolute atomic E-state index is 7.10. The molecule has 0 bridgehead atoms. The molecule has 0 atom stereocenters. The Labute approximate surface area is 155 Å². The highest BCUT2D eigenvalue weighted by molar-refractivity contribution is 4.81. The summed E-state index contributed by atoms with van der Waals surface area (Å²) in [5.74, 6) is 0. The third-order valence-corrected chi connectivity index (χ3v) is 4.69. The molecule has 0 rings (SSSR count). The second-order valence-electron chi connectivity index (χ2n) is 7.10. The van der Waals surface area contributed by atoms with Gasteiger partial charge in [-0.3, -0.25) is 0 Å². The van der Waals surface area contributed by atoms with Gasteiger partial charge in [0.2, 0.25) is 0 Å². The summed E-state index contributed by atoms with van der Waals surface area (Å²) < 4.78 is 0. The van der Waals surface area contributed by atoms with E-state index < -0.39 is 0 Å². The Kier molecular flexibility index (Phi) is 27.0. The number of rotatable bonds is 19. The van der Waals surface area contributed by atoms with E-state index >= 15 is 0 Å². The Morgan fingerprint density at radius 3 is 1.21 bits per heavy atom. The average molecular weight is 332 g/mol. The Morgan fingerprint density at radius 2 is 0.833 bits per heavy atom. The molecular weight excluding hydrogens is 288 g/mol. The Hall–Kier alpha value is -0.260. The molecule has 139 valence electrons. The van der Waals surface area contributed by atoms with E-state index in [1.165, 1.54) is 109 Å². The summed E-state index contributed by atoms with van der Waals surface area (Å²) in [6, 6.07) is 0. The van der Waals surface area contributed by atoms with Crippen molar-refractivity contribution in [1.29, 1.82) is 0 Å². The molecule has 0 unspecified atom stereocenters. The fourth-order valence-electron chi connectivity index (χ4n) is 3.08. The van der Waals surface area contributed by atoms with Crippen LogP contribution in [0.15, 0.2) is 12.2 Å². The minimum atomic E-state index is 0. The molecule has 7 radical (unpaired) electrons. The highest BCUT2D eigenvalue weighted by Gasteiger charge is 1.92. The largest absolute Gasteiger partial charge is 0.0885 e. The van der Waals surface area contributed by atoms with Crippen LogP contribution >= 0.6 is 0 Å². The van der Waals surface area contributed by atoms with Gasteiger partial charge in [0.05, 0.1) is 0 Å². The van der Waals surface area contributed by atoms with E-state index in [1.54, 1.807) is 0 Å². The summed E-state index contributed by atoms with van der Waals surface area (Å²) in [4.78, 5) is 0. The third-order valence-electron chi connectivity index (χ3n) is 4.69. The maximum Gasteiger partial charge on any atom is 0 e. The zero-order valence-electron chi connectivity index (χ0n) is 16.6. The van der Waals surface area contributed by atoms with Crippen molar-refractivity contribution in [1.82, 2.24) is 0 Å². The topological polar surface area (TPSA) is 0 Å². The van der Waals surface area contributed by atoms with Gasteiger partial charge in [-0.15, -0.1) is 0 Å². The van der Waals surface area contributed by atoms with Gasteiger partial charge in [0.25, 0.3) is 0 Å². The molecule has 0 saturated heterocycles. The van der Waals surface area contributed by atoms with Crippen molar-refractivity contribution in [3.8, 4) is 0 Å². The lowest BCUT2D eigenvalue weighted by molar-refractivity contribution is 0.553. The summed E-state index contributed by atoms with van der Waals surface area (Å²) in [7, 11) is 0. The number of hydrogen-bond donors (Lipinski definition) is 0. The van der Waals surface area contributed by atoms with E-state index in [0.717, 1.165) is 6.42 Å². The normalized spacial score (nSPS) is 11.1. The van der Waals surface area contributed by atoms with Gasteiger partial charge in [-0.25, -0.2) is 0 Å². The SMILES string of the molecule is [C].[C]CCCCCCCCCCCC/C=C\CCCCCCCC. The van der Waals surface area contributed by atoms with Crippen LogP contribution < -0.4 is 0 Å². The van der Waals surface area contributed by atoms with Crippen molar-refractivity contribution in [2.75, 3.05) is 0 Å².